The number of hydrogen-bond acceptors (Lipinski definition) is 11. The molecule has 0 aromatic carbocycles. The molecule has 3 amide bonds. The number of imide groups is 1. The van der Waals surface area contributed by atoms with Gasteiger partial charge in [0.2, 0.25) is 11.8 Å². The van der Waals surface area contributed by atoms with Crippen molar-refractivity contribution >= 4 is 46.9 Å². The Bertz CT molecular complexity index is 762. The summed E-state index contributed by atoms with van der Waals surface area (Å²) in [6, 6.07) is -4.04. The van der Waals surface area contributed by atoms with Crippen molar-refractivity contribution in [3.8, 4) is 0 Å². The third-order valence-electron chi connectivity index (χ3n) is 4.58. The lowest BCUT2D eigenvalue weighted by molar-refractivity contribution is -0.147. The number of carboxylic acid groups (broad SMARTS) is 1. The first-order chi connectivity index (χ1) is 16.4. The van der Waals surface area contributed by atoms with E-state index in [1.54, 1.807) is 20.8 Å². The zero-order valence-corrected chi connectivity index (χ0v) is 21.4. The topological polar surface area (TPSA) is 192 Å². The van der Waals surface area contributed by atoms with Crippen LogP contribution in [0.4, 0.5) is 9.59 Å². The Morgan fingerprint density at radius 3 is 2.14 bits per heavy atom. The molecule has 0 spiro atoms. The monoisotopic (exact) mass is 521 g/mol. The van der Waals surface area contributed by atoms with Gasteiger partial charge in [0.1, 0.15) is 12.1 Å². The van der Waals surface area contributed by atoms with E-state index in [2.05, 4.69) is 5.32 Å². The average molecular weight is 522 g/mol. The second-order valence-corrected chi connectivity index (χ2v) is 8.52. The molecule has 0 saturated carbocycles. The van der Waals surface area contributed by atoms with E-state index in [0.717, 1.165) is 7.11 Å². The number of rotatable bonds is 14. The lowest BCUT2D eigenvalue weighted by Crippen LogP contribution is -2.60. The number of thioether (sulfide) groups is 1. The largest absolute Gasteiger partial charge is 0.481 e. The molecule has 0 bridgehead atoms. The van der Waals surface area contributed by atoms with Crippen LogP contribution in [0.1, 0.15) is 47.0 Å². The van der Waals surface area contributed by atoms with Gasteiger partial charge in [0.05, 0.1) is 26.4 Å². The maximum atomic E-state index is 13.2. The van der Waals surface area contributed by atoms with Gasteiger partial charge in [-0.15, -0.1) is 0 Å². The molecule has 0 aliphatic carbocycles. The van der Waals surface area contributed by atoms with Crippen LogP contribution in [-0.2, 0) is 33.4 Å². The molecule has 0 heterocycles. The summed E-state index contributed by atoms with van der Waals surface area (Å²) in [6.07, 6.45) is -1.48. The van der Waals surface area contributed by atoms with Crippen molar-refractivity contribution in [3.05, 3.63) is 0 Å². The molecule has 3 atom stereocenters. The molecular formula is C21H35N3O10S. The fraction of sp³-hybridized carbons (Fsp3) is 0.714. The predicted octanol–water partition coefficient (Wildman–Crippen LogP) is 1.13. The highest BCUT2D eigenvalue weighted by Crippen LogP contribution is 2.17. The number of amides is 3. The van der Waals surface area contributed by atoms with Crippen molar-refractivity contribution < 1.29 is 48.1 Å². The Hall–Kier alpha value is -2.87. The van der Waals surface area contributed by atoms with Crippen molar-refractivity contribution in [2.45, 2.75) is 65.1 Å². The summed E-state index contributed by atoms with van der Waals surface area (Å²) < 4.78 is 14.5. The number of aliphatic carboxylic acids is 1. The summed E-state index contributed by atoms with van der Waals surface area (Å²) in [4.78, 5) is 74.4. The van der Waals surface area contributed by atoms with E-state index in [9.17, 15) is 28.8 Å². The molecule has 0 radical (unpaired) electrons. The van der Waals surface area contributed by atoms with Crippen molar-refractivity contribution in [2.75, 3.05) is 26.1 Å². The molecule has 200 valence electrons. The van der Waals surface area contributed by atoms with Crippen LogP contribution in [0.5, 0.6) is 0 Å². The summed E-state index contributed by atoms with van der Waals surface area (Å²) in [6.45, 7) is 6.30. The SMILES string of the molecule is CCOC(=O)SC[C@@H](C(=O)N[C@@H](C(=O)OC)C(C)C)N(C(=O)OCC)C(=O)[C@@H](N)CCCC(=O)O. The average Bonchev–Trinajstić information content (AvgIpc) is 2.78. The highest BCUT2D eigenvalue weighted by Gasteiger charge is 2.40. The number of carboxylic acids is 1. The molecule has 14 heteroatoms. The normalized spacial score (nSPS) is 13.2. The van der Waals surface area contributed by atoms with Crippen LogP contribution in [0.15, 0.2) is 0 Å². The first-order valence-corrected chi connectivity index (χ1v) is 12.0. The van der Waals surface area contributed by atoms with Crippen LogP contribution >= 0.6 is 11.8 Å². The summed E-state index contributed by atoms with van der Waals surface area (Å²) in [5.41, 5.74) is 5.90. The zero-order valence-electron chi connectivity index (χ0n) is 20.6. The molecule has 0 aromatic rings. The molecule has 0 unspecified atom stereocenters. The van der Waals surface area contributed by atoms with Crippen LogP contribution in [-0.4, -0.2) is 89.4 Å². The van der Waals surface area contributed by atoms with Crippen LogP contribution in [0.2, 0.25) is 0 Å². The van der Waals surface area contributed by atoms with Gasteiger partial charge in [0.25, 0.3) is 0 Å². The Morgan fingerprint density at radius 2 is 1.66 bits per heavy atom. The van der Waals surface area contributed by atoms with Crippen molar-refractivity contribution in [1.29, 1.82) is 0 Å². The molecule has 0 aromatic heterocycles. The summed E-state index contributed by atoms with van der Waals surface area (Å²) in [5, 5.41) is 10.5. The third kappa shape index (κ3) is 11.4. The minimum absolute atomic E-state index is 0.0467. The maximum Gasteiger partial charge on any atom is 0.417 e. The van der Waals surface area contributed by atoms with Gasteiger partial charge in [-0.25, -0.2) is 19.3 Å². The molecule has 0 rings (SSSR count). The second-order valence-electron chi connectivity index (χ2n) is 7.56. The first kappa shape index (κ1) is 32.1. The van der Waals surface area contributed by atoms with E-state index in [4.69, 9.17) is 25.1 Å². The van der Waals surface area contributed by atoms with Crippen LogP contribution < -0.4 is 11.1 Å². The van der Waals surface area contributed by atoms with E-state index in [1.807, 2.05) is 0 Å². The Balaban J connectivity index is 6.11. The number of nitrogens with zero attached hydrogens (tertiary/aromatic N) is 1. The number of nitrogens with two attached hydrogens (primary N) is 1. The number of nitrogens with one attached hydrogen (secondary N) is 1. The number of methoxy groups -OCH3 is 1. The highest BCUT2D eigenvalue weighted by atomic mass is 32.2. The van der Waals surface area contributed by atoms with Crippen molar-refractivity contribution in [2.24, 2.45) is 11.7 Å². The van der Waals surface area contributed by atoms with E-state index in [-0.39, 0.29) is 32.5 Å². The second kappa shape index (κ2) is 16.7. The minimum atomic E-state index is -1.60. The zero-order chi connectivity index (χ0) is 27.1. The van der Waals surface area contributed by atoms with E-state index in [1.165, 1.54) is 6.92 Å². The lowest BCUT2D eigenvalue weighted by atomic mass is 10.0. The summed E-state index contributed by atoms with van der Waals surface area (Å²) in [7, 11) is 1.14. The smallest absolute Gasteiger partial charge is 0.417 e. The van der Waals surface area contributed by atoms with E-state index in [0.29, 0.717) is 16.7 Å². The van der Waals surface area contributed by atoms with Crippen molar-refractivity contribution in [1.82, 2.24) is 10.2 Å². The molecule has 35 heavy (non-hydrogen) atoms. The van der Waals surface area contributed by atoms with Gasteiger partial charge in [0, 0.05) is 12.2 Å². The van der Waals surface area contributed by atoms with Gasteiger partial charge >= 0.3 is 23.3 Å². The van der Waals surface area contributed by atoms with E-state index < -0.39 is 64.9 Å². The molecular weight excluding hydrogens is 486 g/mol. The standard InChI is InChI=1S/C21H35N3O10S/c1-6-33-20(30)24(18(28)13(22)9-8-10-15(25)26)14(11-35-21(31)34-7-2)17(27)23-16(12(3)4)19(29)32-5/h12-14,16H,6-11,22H2,1-5H3,(H,23,27)(H,25,26)/t13-,14-,16+/m0/s1. The molecule has 4 N–H and O–H groups in total. The molecule has 0 aliphatic heterocycles. The first-order valence-electron chi connectivity index (χ1n) is 11.1. The lowest BCUT2D eigenvalue weighted by Gasteiger charge is -2.31. The van der Waals surface area contributed by atoms with Gasteiger partial charge < -0.3 is 30.4 Å². The van der Waals surface area contributed by atoms with Gasteiger partial charge in [-0.2, -0.15) is 0 Å². The minimum Gasteiger partial charge on any atom is -0.481 e. The van der Waals surface area contributed by atoms with Crippen LogP contribution in [0.25, 0.3) is 0 Å². The number of hydrogen-bond donors (Lipinski definition) is 3. The molecule has 0 fully saturated rings. The predicted molar refractivity (Wildman–Crippen MR) is 125 cm³/mol. The fourth-order valence-corrected chi connectivity index (χ4v) is 3.58. The highest BCUT2D eigenvalue weighted by molar-refractivity contribution is 8.13. The number of ether oxygens (including phenoxy) is 3. The van der Waals surface area contributed by atoms with E-state index >= 15 is 0 Å². The molecule has 13 nitrogen and oxygen atoms in total. The number of carbonyl (C=O) groups excluding carboxylic acids is 5. The van der Waals surface area contributed by atoms with Gasteiger partial charge in [-0.3, -0.25) is 14.4 Å². The Morgan fingerprint density at radius 1 is 1.06 bits per heavy atom. The number of carbonyl (C=O) groups is 6. The van der Waals surface area contributed by atoms with Gasteiger partial charge in [0.15, 0.2) is 0 Å². The van der Waals surface area contributed by atoms with Crippen LogP contribution in [0.3, 0.4) is 0 Å². The summed E-state index contributed by atoms with van der Waals surface area (Å²) >= 11 is 0.543. The quantitative estimate of drug-likeness (QED) is 0.218. The Kier molecular flexibility index (Phi) is 15.3. The maximum absolute atomic E-state index is 13.2. The number of esters is 1. The summed E-state index contributed by atoms with van der Waals surface area (Å²) in [5.74, 6) is -4.58. The van der Waals surface area contributed by atoms with Gasteiger partial charge in [-0.1, -0.05) is 13.8 Å². The van der Waals surface area contributed by atoms with Crippen molar-refractivity contribution in [3.63, 3.8) is 0 Å². The fourth-order valence-electron chi connectivity index (χ4n) is 2.79. The third-order valence-corrected chi connectivity index (χ3v) is 5.42. The van der Waals surface area contributed by atoms with Gasteiger partial charge in [-0.05, 0) is 44.4 Å². The molecule has 0 saturated heterocycles. The molecule has 0 aliphatic rings. The Labute approximate surface area is 208 Å². The van der Waals surface area contributed by atoms with Crippen LogP contribution in [0, 0.1) is 5.92 Å².